The minimum Gasteiger partial charge on any atom is -0.449 e. The van der Waals surface area contributed by atoms with Gasteiger partial charge in [-0.1, -0.05) is 29.8 Å². The molecule has 0 fully saturated rings. The average molecular weight is 416 g/mol. The van der Waals surface area contributed by atoms with Crippen LogP contribution in [-0.2, 0) is 9.53 Å². The molecule has 0 radical (unpaired) electrons. The fraction of sp³-hybridized carbons (Fsp3) is 0.300. The van der Waals surface area contributed by atoms with E-state index in [2.05, 4.69) is 15.5 Å². The third-order valence-corrected chi connectivity index (χ3v) is 4.62. The highest BCUT2D eigenvalue weighted by Gasteiger charge is 2.26. The predicted molar refractivity (Wildman–Crippen MR) is 109 cm³/mol. The molecule has 1 N–H and O–H groups in total. The number of anilines is 1. The van der Waals surface area contributed by atoms with Crippen molar-refractivity contribution in [1.29, 1.82) is 0 Å². The number of hydrogen-bond acceptors (Lipinski definition) is 5. The summed E-state index contributed by atoms with van der Waals surface area (Å²) in [5.74, 6) is -0.654. The predicted octanol–water partition coefficient (Wildman–Crippen LogP) is 3.80. The SMILES string of the molecule is Cc1nn(-c2ccccc2)c(Cl)c1C(=O)O[C@@H](C)C(=O)Nc1ccnn1C(C)C. The number of esters is 1. The zero-order chi connectivity index (χ0) is 21.1. The molecule has 2 aromatic heterocycles. The average Bonchev–Trinajstić information content (AvgIpc) is 3.26. The second-order valence-corrected chi connectivity index (χ2v) is 7.15. The van der Waals surface area contributed by atoms with Gasteiger partial charge in [0.15, 0.2) is 6.10 Å². The second-order valence-electron chi connectivity index (χ2n) is 6.79. The molecule has 0 saturated carbocycles. The minimum atomic E-state index is -1.03. The topological polar surface area (TPSA) is 91.0 Å². The molecule has 0 bridgehead atoms. The highest BCUT2D eigenvalue weighted by molar-refractivity contribution is 6.33. The van der Waals surface area contributed by atoms with Crippen molar-refractivity contribution >= 4 is 29.3 Å². The lowest BCUT2D eigenvalue weighted by molar-refractivity contribution is -0.123. The first kappa shape index (κ1) is 20.6. The maximum atomic E-state index is 12.7. The van der Waals surface area contributed by atoms with Crippen molar-refractivity contribution in [3.05, 3.63) is 59.0 Å². The van der Waals surface area contributed by atoms with Crippen LogP contribution >= 0.6 is 11.6 Å². The standard InChI is InChI=1S/C20H22ClN5O3/c1-12(2)25-16(10-11-22-25)23-19(27)14(4)29-20(28)17-13(3)24-26(18(17)21)15-8-6-5-7-9-15/h5-12,14H,1-4H3,(H,23,27)/t14-/m0/s1. The number of nitrogens with zero attached hydrogens (tertiary/aromatic N) is 4. The highest BCUT2D eigenvalue weighted by atomic mass is 35.5. The molecule has 0 spiro atoms. The van der Waals surface area contributed by atoms with Gasteiger partial charge in [0.25, 0.3) is 5.91 Å². The number of hydrogen-bond donors (Lipinski definition) is 1. The fourth-order valence-corrected chi connectivity index (χ4v) is 3.15. The Balaban J connectivity index is 1.74. The lowest BCUT2D eigenvalue weighted by Gasteiger charge is -2.15. The number of para-hydroxylation sites is 1. The number of amides is 1. The van der Waals surface area contributed by atoms with Gasteiger partial charge in [-0.3, -0.25) is 4.79 Å². The van der Waals surface area contributed by atoms with Gasteiger partial charge in [0.2, 0.25) is 0 Å². The van der Waals surface area contributed by atoms with Gasteiger partial charge in [-0.15, -0.1) is 0 Å². The molecular weight excluding hydrogens is 394 g/mol. The highest BCUT2D eigenvalue weighted by Crippen LogP contribution is 2.24. The first-order chi connectivity index (χ1) is 13.8. The van der Waals surface area contributed by atoms with Crippen LogP contribution in [0, 0.1) is 6.92 Å². The zero-order valence-electron chi connectivity index (χ0n) is 16.6. The molecule has 0 saturated heterocycles. The summed E-state index contributed by atoms with van der Waals surface area (Å²) >= 11 is 6.38. The Labute approximate surface area is 173 Å². The van der Waals surface area contributed by atoms with Gasteiger partial charge in [-0.05, 0) is 39.8 Å². The summed E-state index contributed by atoms with van der Waals surface area (Å²) in [6.45, 7) is 7.05. The van der Waals surface area contributed by atoms with Crippen LogP contribution < -0.4 is 5.32 Å². The Hall–Kier alpha value is -3.13. The number of nitrogens with one attached hydrogen (secondary N) is 1. The molecule has 0 aliphatic heterocycles. The molecule has 1 amide bonds. The van der Waals surface area contributed by atoms with E-state index in [1.54, 1.807) is 23.9 Å². The quantitative estimate of drug-likeness (QED) is 0.618. The first-order valence-corrected chi connectivity index (χ1v) is 9.53. The molecule has 0 aliphatic carbocycles. The van der Waals surface area contributed by atoms with Crippen LogP contribution in [0.4, 0.5) is 5.82 Å². The molecule has 9 heteroatoms. The second kappa shape index (κ2) is 8.48. The van der Waals surface area contributed by atoms with E-state index in [9.17, 15) is 9.59 Å². The van der Waals surface area contributed by atoms with Crippen molar-refractivity contribution in [2.45, 2.75) is 39.8 Å². The van der Waals surface area contributed by atoms with E-state index in [1.807, 2.05) is 44.2 Å². The third-order valence-electron chi connectivity index (χ3n) is 4.27. The first-order valence-electron chi connectivity index (χ1n) is 9.15. The van der Waals surface area contributed by atoms with E-state index in [4.69, 9.17) is 16.3 Å². The van der Waals surface area contributed by atoms with Crippen molar-refractivity contribution in [1.82, 2.24) is 19.6 Å². The van der Waals surface area contributed by atoms with E-state index in [-0.39, 0.29) is 16.8 Å². The molecule has 3 rings (SSSR count). The normalized spacial score (nSPS) is 12.1. The molecule has 1 aromatic carbocycles. The van der Waals surface area contributed by atoms with Crippen molar-refractivity contribution in [2.75, 3.05) is 5.32 Å². The summed E-state index contributed by atoms with van der Waals surface area (Å²) in [5, 5.41) is 11.3. The van der Waals surface area contributed by atoms with Gasteiger partial charge < -0.3 is 10.1 Å². The third kappa shape index (κ3) is 4.32. The molecule has 0 aliphatic rings. The lowest BCUT2D eigenvalue weighted by Crippen LogP contribution is -2.31. The van der Waals surface area contributed by atoms with Crippen molar-refractivity contribution in [3.63, 3.8) is 0 Å². The van der Waals surface area contributed by atoms with Crippen LogP contribution in [-0.4, -0.2) is 37.5 Å². The largest absolute Gasteiger partial charge is 0.449 e. The maximum Gasteiger partial charge on any atom is 0.344 e. The molecule has 2 heterocycles. The van der Waals surface area contributed by atoms with E-state index >= 15 is 0 Å². The summed E-state index contributed by atoms with van der Waals surface area (Å²) in [6.07, 6.45) is 0.557. The van der Waals surface area contributed by atoms with Crippen molar-refractivity contribution in [2.24, 2.45) is 0 Å². The van der Waals surface area contributed by atoms with E-state index in [0.29, 0.717) is 17.2 Å². The maximum absolute atomic E-state index is 12.7. The van der Waals surface area contributed by atoms with Gasteiger partial charge in [0.05, 0.1) is 17.6 Å². The van der Waals surface area contributed by atoms with Crippen LogP contribution in [0.5, 0.6) is 0 Å². The Morgan fingerprint density at radius 2 is 1.83 bits per heavy atom. The molecular formula is C20H22ClN5O3. The van der Waals surface area contributed by atoms with E-state index in [1.165, 1.54) is 11.6 Å². The van der Waals surface area contributed by atoms with E-state index < -0.39 is 18.0 Å². The Morgan fingerprint density at radius 1 is 1.14 bits per heavy atom. The number of halogens is 1. The lowest BCUT2D eigenvalue weighted by atomic mass is 10.2. The molecule has 152 valence electrons. The summed E-state index contributed by atoms with van der Waals surface area (Å²) in [7, 11) is 0. The van der Waals surface area contributed by atoms with Gasteiger partial charge in [0.1, 0.15) is 16.5 Å². The fourth-order valence-electron chi connectivity index (χ4n) is 2.80. The Morgan fingerprint density at radius 3 is 2.48 bits per heavy atom. The van der Waals surface area contributed by atoms with Gasteiger partial charge in [-0.25, -0.2) is 14.2 Å². The molecule has 3 aromatic rings. The number of aryl methyl sites for hydroxylation is 1. The molecule has 1 atom stereocenters. The number of aromatic nitrogens is 4. The smallest absolute Gasteiger partial charge is 0.344 e. The number of carbonyl (C=O) groups is 2. The molecule has 0 unspecified atom stereocenters. The Bertz CT molecular complexity index is 1030. The van der Waals surface area contributed by atoms with Gasteiger partial charge in [0, 0.05) is 12.1 Å². The summed E-state index contributed by atoms with van der Waals surface area (Å²) < 4.78 is 8.46. The van der Waals surface area contributed by atoms with Crippen LogP contribution in [0.15, 0.2) is 42.6 Å². The van der Waals surface area contributed by atoms with Crippen molar-refractivity contribution in [3.8, 4) is 5.69 Å². The van der Waals surface area contributed by atoms with Crippen molar-refractivity contribution < 1.29 is 14.3 Å². The number of ether oxygens (including phenoxy) is 1. The molecule has 29 heavy (non-hydrogen) atoms. The van der Waals surface area contributed by atoms with Gasteiger partial charge in [-0.2, -0.15) is 10.2 Å². The van der Waals surface area contributed by atoms with Crippen LogP contribution in [0.3, 0.4) is 0 Å². The monoisotopic (exact) mass is 415 g/mol. The summed E-state index contributed by atoms with van der Waals surface area (Å²) in [5.41, 5.74) is 1.25. The van der Waals surface area contributed by atoms with Crippen LogP contribution in [0.25, 0.3) is 5.69 Å². The number of rotatable bonds is 6. The Kier molecular flexibility index (Phi) is 6.03. The van der Waals surface area contributed by atoms with Gasteiger partial charge >= 0.3 is 5.97 Å². The van der Waals surface area contributed by atoms with Crippen LogP contribution in [0.2, 0.25) is 5.15 Å². The molecule has 8 nitrogen and oxygen atoms in total. The summed E-state index contributed by atoms with van der Waals surface area (Å²) in [6, 6.07) is 10.9. The van der Waals surface area contributed by atoms with Crippen LogP contribution in [0.1, 0.15) is 42.9 Å². The van der Waals surface area contributed by atoms with E-state index in [0.717, 1.165) is 0 Å². The number of carbonyl (C=O) groups excluding carboxylic acids is 2. The zero-order valence-corrected chi connectivity index (χ0v) is 17.3. The summed E-state index contributed by atoms with van der Waals surface area (Å²) in [4.78, 5) is 25.1. The number of benzene rings is 1. The minimum absolute atomic E-state index is 0.0726.